The van der Waals surface area contributed by atoms with Gasteiger partial charge in [-0.3, -0.25) is 5.06 Å². The maximum absolute atomic E-state index is 11.4. The van der Waals surface area contributed by atoms with Crippen LogP contribution < -0.4 is 5.06 Å². The number of aliphatic imine (C=N–C) groups is 1. The lowest BCUT2D eigenvalue weighted by Crippen LogP contribution is -3.03. The van der Waals surface area contributed by atoms with Gasteiger partial charge in [0, 0.05) is 17.2 Å². The molecule has 0 saturated heterocycles. The highest BCUT2D eigenvalue weighted by molar-refractivity contribution is 6.62. The number of benzene rings is 1. The van der Waals surface area contributed by atoms with E-state index < -0.39 is 0 Å². The Morgan fingerprint density at radius 2 is 2.25 bits per heavy atom. The highest BCUT2D eigenvalue weighted by atomic mass is 35.5. The maximum atomic E-state index is 11.4. The first-order valence-corrected chi connectivity index (χ1v) is 3.96. The number of nitrogens with zero attached hydrogens (tertiary/aromatic N) is 1. The van der Waals surface area contributed by atoms with Gasteiger partial charge in [-0.2, -0.15) is 4.99 Å². The Balaban J connectivity index is 2.63. The smallest absolute Gasteiger partial charge is 0.304 e. The molecule has 0 bridgehead atoms. The first kappa shape index (κ1) is 7.73. The van der Waals surface area contributed by atoms with Crippen LogP contribution in [0.3, 0.4) is 0 Å². The Bertz CT molecular complexity index is 362. The molecule has 4 heteroatoms. The molecule has 1 aliphatic heterocycles. The largest absolute Gasteiger partial charge is 0.621 e. The summed E-state index contributed by atoms with van der Waals surface area (Å²) >= 11 is 5.60. The zero-order valence-electron chi connectivity index (χ0n) is 6.47. The number of amidine groups is 1. The number of halogens is 1. The van der Waals surface area contributed by atoms with E-state index in [1.165, 1.54) is 0 Å². The van der Waals surface area contributed by atoms with E-state index in [4.69, 9.17) is 11.6 Å². The van der Waals surface area contributed by atoms with Crippen LogP contribution in [0.1, 0.15) is 5.56 Å². The Hall–Kier alpha value is -0.900. The molecular weight excluding hydrogens is 176 g/mol. The summed E-state index contributed by atoms with van der Waals surface area (Å²) < 4.78 is 0. The van der Waals surface area contributed by atoms with E-state index >= 15 is 0 Å². The molecule has 0 spiro atoms. The molecule has 3 nitrogen and oxygen atoms in total. The molecule has 0 saturated carbocycles. The summed E-state index contributed by atoms with van der Waals surface area (Å²) in [4.78, 5) is 3.93. The van der Waals surface area contributed by atoms with Gasteiger partial charge < -0.3 is 5.21 Å². The van der Waals surface area contributed by atoms with Crippen molar-refractivity contribution in [1.82, 2.24) is 0 Å². The van der Waals surface area contributed by atoms with E-state index in [1.807, 2.05) is 19.1 Å². The molecule has 12 heavy (non-hydrogen) atoms. The van der Waals surface area contributed by atoms with Gasteiger partial charge in [0.15, 0.2) is 5.69 Å². The van der Waals surface area contributed by atoms with Gasteiger partial charge in [0.05, 0.1) is 0 Å². The van der Waals surface area contributed by atoms with Crippen molar-refractivity contribution in [3.8, 4) is 0 Å². The average Bonchev–Trinajstić information content (AvgIpc) is 2.29. The van der Waals surface area contributed by atoms with E-state index in [0.717, 1.165) is 5.56 Å². The minimum Gasteiger partial charge on any atom is -0.621 e. The fourth-order valence-electron chi connectivity index (χ4n) is 1.30. The number of fused-ring (bicyclic) bond motifs is 1. The summed E-state index contributed by atoms with van der Waals surface area (Å²) in [6.07, 6.45) is 0. The fourth-order valence-corrected chi connectivity index (χ4v) is 1.49. The standard InChI is InChI=1S/C8H7ClN2O/c1-5-3-2-4-6-7(5)11(12)8(9)10-6/h2-4,11H,1H3. The molecule has 1 aliphatic rings. The second-order valence-corrected chi connectivity index (χ2v) is 3.06. The molecule has 0 aromatic heterocycles. The molecule has 1 atom stereocenters. The number of para-hydroxylation sites is 1. The molecule has 0 fully saturated rings. The Kier molecular flexibility index (Phi) is 1.65. The lowest BCUT2D eigenvalue weighted by molar-refractivity contribution is -0.659. The van der Waals surface area contributed by atoms with Crippen molar-refractivity contribution in [1.29, 1.82) is 0 Å². The average molecular weight is 183 g/mol. The maximum Gasteiger partial charge on any atom is 0.304 e. The van der Waals surface area contributed by atoms with Crippen LogP contribution in [0.2, 0.25) is 0 Å². The molecule has 1 unspecified atom stereocenters. The lowest BCUT2D eigenvalue weighted by atomic mass is 10.2. The SMILES string of the molecule is Cc1cccc2c1[NH+]([O-])C(Cl)=N2. The Morgan fingerprint density at radius 3 is 2.92 bits per heavy atom. The summed E-state index contributed by atoms with van der Waals surface area (Å²) in [7, 11) is 0. The van der Waals surface area contributed by atoms with Crippen LogP contribution in [0.5, 0.6) is 0 Å². The van der Waals surface area contributed by atoms with Gasteiger partial charge in [-0.15, -0.1) is 0 Å². The molecular formula is C8H7ClN2O. The first-order valence-electron chi connectivity index (χ1n) is 3.58. The molecule has 62 valence electrons. The minimum atomic E-state index is -0.162. The van der Waals surface area contributed by atoms with Gasteiger partial charge in [0.25, 0.3) is 0 Å². The Labute approximate surface area is 74.9 Å². The number of aryl methyl sites for hydroxylation is 1. The van der Waals surface area contributed by atoms with E-state index in [2.05, 4.69) is 4.99 Å². The number of rotatable bonds is 0. The van der Waals surface area contributed by atoms with Gasteiger partial charge in [-0.05, 0) is 13.0 Å². The predicted molar refractivity (Wildman–Crippen MR) is 48.1 cm³/mol. The number of hydrogen-bond acceptors (Lipinski definition) is 2. The molecule has 0 radical (unpaired) electrons. The van der Waals surface area contributed by atoms with Crippen LogP contribution in [0.4, 0.5) is 11.4 Å². The van der Waals surface area contributed by atoms with Crippen molar-refractivity contribution < 1.29 is 5.06 Å². The molecule has 1 N–H and O–H groups in total. The quantitative estimate of drug-likeness (QED) is 0.476. The van der Waals surface area contributed by atoms with Crippen LogP contribution in [0.15, 0.2) is 23.2 Å². The first-order chi connectivity index (χ1) is 5.70. The molecule has 0 amide bonds. The van der Waals surface area contributed by atoms with Crippen molar-refractivity contribution in [2.75, 3.05) is 0 Å². The van der Waals surface area contributed by atoms with Crippen LogP contribution in [-0.4, -0.2) is 5.29 Å². The molecule has 0 aliphatic carbocycles. The zero-order valence-corrected chi connectivity index (χ0v) is 7.22. The zero-order chi connectivity index (χ0) is 8.72. The van der Waals surface area contributed by atoms with Gasteiger partial charge in [0.1, 0.15) is 5.69 Å². The van der Waals surface area contributed by atoms with E-state index in [9.17, 15) is 5.21 Å². The fraction of sp³-hybridized carbons (Fsp3) is 0.125. The van der Waals surface area contributed by atoms with Gasteiger partial charge >= 0.3 is 5.29 Å². The number of quaternary nitrogens is 1. The van der Waals surface area contributed by atoms with Crippen molar-refractivity contribution in [3.63, 3.8) is 0 Å². The van der Waals surface area contributed by atoms with Gasteiger partial charge in [-0.25, -0.2) is 0 Å². The predicted octanol–water partition coefficient (Wildman–Crippen LogP) is 1.25. The highest BCUT2D eigenvalue weighted by Gasteiger charge is 2.23. The summed E-state index contributed by atoms with van der Waals surface area (Å²) in [6, 6.07) is 5.53. The lowest BCUT2D eigenvalue weighted by Gasteiger charge is -2.15. The van der Waals surface area contributed by atoms with Gasteiger partial charge in [-0.1, -0.05) is 12.1 Å². The third kappa shape index (κ3) is 0.948. The van der Waals surface area contributed by atoms with Crippen LogP contribution in [0.25, 0.3) is 0 Å². The van der Waals surface area contributed by atoms with Crippen LogP contribution >= 0.6 is 11.6 Å². The van der Waals surface area contributed by atoms with Crippen molar-refractivity contribution in [3.05, 3.63) is 29.0 Å². The van der Waals surface area contributed by atoms with E-state index in [0.29, 0.717) is 11.4 Å². The summed E-state index contributed by atoms with van der Waals surface area (Å²) in [5, 5.41) is 11.3. The minimum absolute atomic E-state index is 0.0688. The van der Waals surface area contributed by atoms with Crippen LogP contribution in [-0.2, 0) is 0 Å². The molecule has 2 rings (SSSR count). The van der Waals surface area contributed by atoms with Crippen molar-refractivity contribution >= 4 is 28.3 Å². The number of hydrogen-bond donors (Lipinski definition) is 1. The second kappa shape index (κ2) is 2.55. The monoisotopic (exact) mass is 182 g/mol. The van der Waals surface area contributed by atoms with E-state index in [1.54, 1.807) is 6.07 Å². The number of hydroxylamine groups is 1. The third-order valence-corrected chi connectivity index (χ3v) is 2.14. The van der Waals surface area contributed by atoms with Crippen molar-refractivity contribution in [2.45, 2.75) is 6.92 Å². The van der Waals surface area contributed by atoms with Crippen molar-refractivity contribution in [2.24, 2.45) is 4.99 Å². The van der Waals surface area contributed by atoms with Crippen LogP contribution in [0, 0.1) is 12.1 Å². The highest BCUT2D eigenvalue weighted by Crippen LogP contribution is 2.28. The summed E-state index contributed by atoms with van der Waals surface area (Å²) in [6.45, 7) is 1.88. The third-order valence-electron chi connectivity index (χ3n) is 1.88. The van der Waals surface area contributed by atoms with E-state index in [-0.39, 0.29) is 10.4 Å². The molecule has 1 aromatic rings. The Morgan fingerprint density at radius 1 is 1.50 bits per heavy atom. The topological polar surface area (TPSA) is 39.9 Å². The summed E-state index contributed by atoms with van der Waals surface area (Å²) in [5.74, 6) is 0. The molecule has 1 aromatic carbocycles. The second-order valence-electron chi connectivity index (χ2n) is 2.70. The van der Waals surface area contributed by atoms with Gasteiger partial charge in [0.2, 0.25) is 0 Å². The summed E-state index contributed by atoms with van der Waals surface area (Å²) in [5.41, 5.74) is 2.25. The molecule has 1 heterocycles. The number of nitrogens with one attached hydrogen (secondary N) is 1. The normalized spacial score (nSPS) is 20.6.